The Kier molecular flexibility index (Phi) is 6.60. The number of rotatable bonds is 2. The third-order valence-corrected chi connectivity index (χ3v) is 12.9. The van der Waals surface area contributed by atoms with Crippen LogP contribution in [-0.2, 0) is 23.2 Å². The summed E-state index contributed by atoms with van der Waals surface area (Å²) < 4.78 is 1.81. The molecule has 0 N–H and O–H groups in total. The van der Waals surface area contributed by atoms with Gasteiger partial charge in [-0.2, -0.15) is 0 Å². The van der Waals surface area contributed by atoms with Crippen molar-refractivity contribution in [2.75, 3.05) is 0 Å². The molecule has 0 amide bonds. The van der Waals surface area contributed by atoms with Gasteiger partial charge in [-0.15, -0.1) is 0 Å². The standard InChI is InChI=1S/2C13H13.2ClH.Zr/c2*1-3-7-12-10(5-1)9-11-6-2-4-8-13(11)12;;;/h2*1,3-5,7-9,11,13H,2,6H2;2*1H;/q;;;;+2/p-2. The summed E-state index contributed by atoms with van der Waals surface area (Å²) in [6.45, 7) is 0. The van der Waals surface area contributed by atoms with Crippen LogP contribution in [0.1, 0.15) is 67.0 Å². The second-order valence-electron chi connectivity index (χ2n) is 8.77. The fourth-order valence-corrected chi connectivity index (χ4v) is 12.6. The van der Waals surface area contributed by atoms with Gasteiger partial charge in [0, 0.05) is 0 Å². The van der Waals surface area contributed by atoms with E-state index in [-0.39, 0.29) is 24.8 Å². The minimum atomic E-state index is -0.610. The van der Waals surface area contributed by atoms with E-state index < -0.39 is 23.2 Å². The fraction of sp³-hybridized carbons (Fsp3) is 0.385. The SMILES string of the molecule is C1=CC2c3ccccc3[CH]([Zr+2][CH]3c4ccccc4C4C=CCCC43)C2CC1.[Cl-].[Cl-]. The topological polar surface area (TPSA) is 0 Å². The molecule has 0 nitrogen and oxygen atoms in total. The van der Waals surface area contributed by atoms with E-state index in [1.54, 1.807) is 22.3 Å². The zero-order valence-corrected chi connectivity index (χ0v) is 20.4. The average Bonchev–Trinajstić information content (AvgIpc) is 3.23. The van der Waals surface area contributed by atoms with Gasteiger partial charge in [0.2, 0.25) is 0 Å². The van der Waals surface area contributed by atoms with Crippen molar-refractivity contribution < 1.29 is 48.0 Å². The van der Waals surface area contributed by atoms with Gasteiger partial charge in [-0.3, -0.25) is 0 Å². The van der Waals surface area contributed by atoms with Crippen molar-refractivity contribution in [1.82, 2.24) is 0 Å². The number of hydrogen-bond acceptors (Lipinski definition) is 0. The molecule has 148 valence electrons. The van der Waals surface area contributed by atoms with Gasteiger partial charge in [-0.25, -0.2) is 0 Å². The monoisotopic (exact) mass is 498 g/mol. The molecule has 3 heteroatoms. The number of hydrogen-bond donors (Lipinski definition) is 0. The van der Waals surface area contributed by atoms with E-state index in [1.165, 1.54) is 25.7 Å². The second kappa shape index (κ2) is 8.86. The maximum absolute atomic E-state index is 2.54. The smallest absolute Gasteiger partial charge is 1.00 e. The van der Waals surface area contributed by atoms with E-state index in [2.05, 4.69) is 72.8 Å². The van der Waals surface area contributed by atoms with E-state index in [1.807, 2.05) is 0 Å². The van der Waals surface area contributed by atoms with Gasteiger partial charge < -0.3 is 24.8 Å². The number of fused-ring (bicyclic) bond motifs is 6. The summed E-state index contributed by atoms with van der Waals surface area (Å²) in [4.78, 5) is 0. The predicted molar refractivity (Wildman–Crippen MR) is 108 cm³/mol. The molecule has 0 aliphatic heterocycles. The molecule has 0 bridgehead atoms. The van der Waals surface area contributed by atoms with Crippen molar-refractivity contribution in [3.05, 3.63) is 95.1 Å². The summed E-state index contributed by atoms with van der Waals surface area (Å²) in [5, 5.41) is 0. The third kappa shape index (κ3) is 3.46. The van der Waals surface area contributed by atoms with Gasteiger partial charge in [-0.05, 0) is 0 Å². The second-order valence-corrected chi connectivity index (χ2v) is 12.6. The van der Waals surface area contributed by atoms with Crippen LogP contribution < -0.4 is 24.8 Å². The van der Waals surface area contributed by atoms with Crippen LogP contribution in [-0.4, -0.2) is 0 Å². The molecular formula is C26H26Cl2Zr. The van der Waals surface area contributed by atoms with Gasteiger partial charge in [0.25, 0.3) is 0 Å². The Labute approximate surface area is 198 Å². The van der Waals surface area contributed by atoms with Crippen LogP contribution in [0, 0.1) is 11.8 Å². The first kappa shape index (κ1) is 21.6. The van der Waals surface area contributed by atoms with Crippen LogP contribution in [0.4, 0.5) is 0 Å². The first-order valence-corrected chi connectivity index (χ1v) is 13.5. The third-order valence-electron chi connectivity index (χ3n) is 7.54. The van der Waals surface area contributed by atoms with E-state index in [4.69, 9.17) is 0 Å². The Balaban J connectivity index is 0.00000102. The van der Waals surface area contributed by atoms with Crippen molar-refractivity contribution in [2.45, 2.75) is 44.8 Å². The summed E-state index contributed by atoms with van der Waals surface area (Å²) in [5.74, 6) is 3.20. The summed E-state index contributed by atoms with van der Waals surface area (Å²) in [6.07, 6.45) is 15.4. The maximum atomic E-state index is 2.54. The van der Waals surface area contributed by atoms with E-state index in [0.29, 0.717) is 11.8 Å². The van der Waals surface area contributed by atoms with Crippen molar-refractivity contribution in [2.24, 2.45) is 11.8 Å². The maximum Gasteiger partial charge on any atom is -1.00 e. The van der Waals surface area contributed by atoms with Crippen molar-refractivity contribution in [3.8, 4) is 0 Å². The summed E-state index contributed by atoms with van der Waals surface area (Å²) >= 11 is -0.610. The molecule has 0 fully saturated rings. The van der Waals surface area contributed by atoms with Crippen LogP contribution >= 0.6 is 0 Å². The molecule has 6 unspecified atom stereocenters. The molecule has 6 rings (SSSR count). The molecule has 0 radical (unpaired) electrons. The minimum Gasteiger partial charge on any atom is -1.00 e. The number of allylic oxidation sites excluding steroid dienone is 4. The van der Waals surface area contributed by atoms with Gasteiger partial charge in [0.1, 0.15) is 0 Å². The molecule has 0 saturated carbocycles. The van der Waals surface area contributed by atoms with Crippen LogP contribution in [0.25, 0.3) is 0 Å². The minimum absolute atomic E-state index is 0. The molecule has 0 saturated heterocycles. The zero-order valence-electron chi connectivity index (χ0n) is 16.5. The number of halogens is 2. The molecule has 2 aromatic rings. The molecular weight excluding hydrogens is 474 g/mol. The molecule has 4 aliphatic rings. The first-order valence-electron chi connectivity index (χ1n) is 10.7. The fourth-order valence-electron chi connectivity index (χ4n) is 6.40. The van der Waals surface area contributed by atoms with Gasteiger partial charge in [0.05, 0.1) is 0 Å². The van der Waals surface area contributed by atoms with Crippen LogP contribution in [0.3, 0.4) is 0 Å². The Morgan fingerprint density at radius 3 is 1.45 bits per heavy atom. The quantitative estimate of drug-likeness (QED) is 0.533. The molecule has 2 aromatic carbocycles. The molecule has 6 atom stereocenters. The average molecular weight is 501 g/mol. The van der Waals surface area contributed by atoms with Gasteiger partial charge in [-0.1, -0.05) is 0 Å². The normalized spacial score (nSPS) is 32.7. The predicted octanol–water partition coefficient (Wildman–Crippen LogP) is 0.686. The molecule has 0 spiro atoms. The zero-order chi connectivity index (χ0) is 17.8. The Morgan fingerprint density at radius 1 is 0.586 bits per heavy atom. The Bertz CT molecular complexity index is 858. The molecule has 0 heterocycles. The summed E-state index contributed by atoms with van der Waals surface area (Å²) in [6, 6.07) is 18.9. The molecule has 4 aliphatic carbocycles. The van der Waals surface area contributed by atoms with Gasteiger partial charge in [0.15, 0.2) is 0 Å². The van der Waals surface area contributed by atoms with Gasteiger partial charge >= 0.3 is 175 Å². The largest absolute Gasteiger partial charge is 1.00 e. The van der Waals surface area contributed by atoms with Crippen LogP contribution in [0.2, 0.25) is 0 Å². The van der Waals surface area contributed by atoms with E-state index >= 15 is 0 Å². The Morgan fingerprint density at radius 2 is 1.00 bits per heavy atom. The Hall–Kier alpha value is -0.617. The summed E-state index contributed by atoms with van der Waals surface area (Å²) in [7, 11) is 0. The van der Waals surface area contributed by atoms with Crippen molar-refractivity contribution in [1.29, 1.82) is 0 Å². The molecule has 0 aromatic heterocycles. The molecule has 29 heavy (non-hydrogen) atoms. The number of benzene rings is 2. The van der Waals surface area contributed by atoms with Crippen molar-refractivity contribution >= 4 is 0 Å². The van der Waals surface area contributed by atoms with Crippen molar-refractivity contribution in [3.63, 3.8) is 0 Å². The first-order chi connectivity index (χ1) is 13.4. The summed E-state index contributed by atoms with van der Waals surface area (Å²) in [5.41, 5.74) is 6.79. The van der Waals surface area contributed by atoms with E-state index in [9.17, 15) is 0 Å². The van der Waals surface area contributed by atoms with Crippen LogP contribution in [0.5, 0.6) is 0 Å². The van der Waals surface area contributed by atoms with Crippen LogP contribution in [0.15, 0.2) is 72.8 Å². The van der Waals surface area contributed by atoms with E-state index in [0.717, 1.165) is 19.1 Å².